The summed E-state index contributed by atoms with van der Waals surface area (Å²) in [5, 5.41) is 4.92. The van der Waals surface area contributed by atoms with Crippen molar-refractivity contribution < 1.29 is 8.81 Å². The number of nitrogens with zero attached hydrogens (tertiary/aromatic N) is 4. The molecule has 28 heavy (non-hydrogen) atoms. The molecule has 2 aliphatic carbocycles. The molecular weight excluding hydrogens is 361 g/mol. The van der Waals surface area contributed by atoms with Gasteiger partial charge in [-0.05, 0) is 52.4 Å². The summed E-state index contributed by atoms with van der Waals surface area (Å²) in [5.41, 5.74) is 0.169. The third-order valence-corrected chi connectivity index (χ3v) is 6.40. The molecule has 0 radical (unpaired) electrons. The van der Waals surface area contributed by atoms with E-state index in [1.165, 1.54) is 0 Å². The molecule has 2 fully saturated rings. The molecule has 0 aromatic carbocycles. The van der Waals surface area contributed by atoms with E-state index in [2.05, 4.69) is 15.1 Å². The number of halogens is 1. The molecule has 0 aliphatic heterocycles. The van der Waals surface area contributed by atoms with Gasteiger partial charge >= 0.3 is 0 Å². The normalized spacial score (nSPS) is 30.5. The van der Waals surface area contributed by atoms with Gasteiger partial charge in [-0.3, -0.25) is 4.79 Å². The van der Waals surface area contributed by atoms with Crippen LogP contribution >= 0.6 is 0 Å². The van der Waals surface area contributed by atoms with Crippen LogP contribution in [0.15, 0.2) is 21.7 Å². The van der Waals surface area contributed by atoms with E-state index in [0.29, 0.717) is 48.4 Å². The maximum Gasteiger partial charge on any atom is 0.262 e. The fourth-order valence-corrected chi connectivity index (χ4v) is 4.51. The van der Waals surface area contributed by atoms with Gasteiger partial charge in [0.25, 0.3) is 5.56 Å². The first-order chi connectivity index (χ1) is 13.4. The molecule has 0 amide bonds. The minimum atomic E-state index is -1.11. The average molecular weight is 385 g/mol. The van der Waals surface area contributed by atoms with Crippen LogP contribution in [0.2, 0.25) is 0 Å². The smallest absolute Gasteiger partial charge is 0.262 e. The molecule has 0 bridgehead atoms. The van der Waals surface area contributed by atoms with E-state index >= 15 is 0 Å². The maximum absolute atomic E-state index is 14.2. The summed E-state index contributed by atoms with van der Waals surface area (Å²) in [5.74, 6) is 1.59. The number of aryl methyl sites for hydroxylation is 1. The van der Waals surface area contributed by atoms with Gasteiger partial charge in [-0.25, -0.2) is 19.0 Å². The van der Waals surface area contributed by atoms with E-state index in [-0.39, 0.29) is 23.4 Å². The predicted molar refractivity (Wildman–Crippen MR) is 101 cm³/mol. The first-order valence-electron chi connectivity index (χ1n) is 10.00. The number of hydrogen-bond acceptors (Lipinski definition) is 5. The lowest BCUT2D eigenvalue weighted by Crippen LogP contribution is -2.29. The molecular formula is C20H24FN5O2. The Morgan fingerprint density at radius 2 is 1.96 bits per heavy atom. The number of H-pyrrole nitrogens is 1. The van der Waals surface area contributed by atoms with Gasteiger partial charge in [0.15, 0.2) is 11.5 Å². The molecule has 148 valence electrons. The van der Waals surface area contributed by atoms with Crippen molar-refractivity contribution in [2.75, 3.05) is 0 Å². The summed E-state index contributed by atoms with van der Waals surface area (Å²) in [6, 6.07) is 0.0788. The standard InChI is InChI=1S/C20H24FN5O2/c1-11-10-28-19(23-11)14-4-3-13(14)16-24-17-15(18(27)25-16)9-22-26(17)12-5-7-20(2,21)8-6-12/h9-10,12-14H,3-8H2,1-2H3,(H,24,25,27)/t12?,13-,14-,20?/m1/s1. The van der Waals surface area contributed by atoms with Gasteiger partial charge in [0.2, 0.25) is 0 Å². The molecule has 2 atom stereocenters. The Labute approximate surface area is 161 Å². The van der Waals surface area contributed by atoms with Gasteiger partial charge in [-0.15, -0.1) is 0 Å². The number of rotatable bonds is 3. The van der Waals surface area contributed by atoms with Crippen LogP contribution in [0.25, 0.3) is 11.0 Å². The number of nitrogens with one attached hydrogen (secondary N) is 1. The highest BCUT2D eigenvalue weighted by Crippen LogP contribution is 2.47. The fraction of sp³-hybridized carbons (Fsp3) is 0.600. The number of aromatic nitrogens is 5. The minimum absolute atomic E-state index is 0.0788. The quantitative estimate of drug-likeness (QED) is 0.738. The van der Waals surface area contributed by atoms with Crippen molar-refractivity contribution in [1.29, 1.82) is 0 Å². The van der Waals surface area contributed by atoms with Crippen molar-refractivity contribution in [3.05, 3.63) is 40.2 Å². The summed E-state index contributed by atoms with van der Waals surface area (Å²) in [4.78, 5) is 24.8. The molecule has 8 heteroatoms. The summed E-state index contributed by atoms with van der Waals surface area (Å²) >= 11 is 0. The third kappa shape index (κ3) is 2.86. The molecule has 2 saturated carbocycles. The summed E-state index contributed by atoms with van der Waals surface area (Å²) in [6.07, 6.45) is 7.53. The van der Waals surface area contributed by atoms with Crippen molar-refractivity contribution in [3.63, 3.8) is 0 Å². The van der Waals surface area contributed by atoms with E-state index in [1.807, 2.05) is 11.6 Å². The van der Waals surface area contributed by atoms with Crippen LogP contribution in [-0.2, 0) is 0 Å². The van der Waals surface area contributed by atoms with Crippen molar-refractivity contribution in [2.45, 2.75) is 75.9 Å². The fourth-order valence-electron chi connectivity index (χ4n) is 4.51. The second kappa shape index (κ2) is 6.25. The molecule has 3 aromatic rings. The number of hydrogen-bond donors (Lipinski definition) is 1. The van der Waals surface area contributed by atoms with Crippen LogP contribution < -0.4 is 5.56 Å². The SMILES string of the molecule is Cc1coc([C@@H]2CC[C@H]2c2nc3c(cnn3C3CCC(C)(F)CC3)c(=O)[nH]2)n1. The van der Waals surface area contributed by atoms with Crippen LogP contribution in [0.4, 0.5) is 4.39 Å². The zero-order valence-electron chi connectivity index (χ0n) is 16.1. The van der Waals surface area contributed by atoms with Crippen LogP contribution in [-0.4, -0.2) is 30.4 Å². The lowest BCUT2D eigenvalue weighted by molar-refractivity contribution is 0.103. The van der Waals surface area contributed by atoms with Gasteiger partial charge in [0.05, 0.1) is 17.9 Å². The highest BCUT2D eigenvalue weighted by atomic mass is 19.1. The predicted octanol–water partition coefficient (Wildman–Crippen LogP) is 3.92. The van der Waals surface area contributed by atoms with Crippen LogP contribution in [0, 0.1) is 6.92 Å². The van der Waals surface area contributed by atoms with Gasteiger partial charge in [0.1, 0.15) is 23.1 Å². The molecule has 7 nitrogen and oxygen atoms in total. The number of fused-ring (bicyclic) bond motifs is 1. The molecule has 5 rings (SSSR count). The zero-order chi connectivity index (χ0) is 19.5. The Kier molecular flexibility index (Phi) is 3.93. The highest BCUT2D eigenvalue weighted by molar-refractivity contribution is 5.73. The third-order valence-electron chi connectivity index (χ3n) is 6.40. The van der Waals surface area contributed by atoms with Crippen LogP contribution in [0.5, 0.6) is 0 Å². The number of alkyl halides is 1. The van der Waals surface area contributed by atoms with Crippen molar-refractivity contribution in [2.24, 2.45) is 0 Å². The van der Waals surface area contributed by atoms with Crippen molar-refractivity contribution >= 4 is 11.0 Å². The molecule has 3 aromatic heterocycles. The molecule has 0 saturated heterocycles. The molecule has 3 heterocycles. The first kappa shape index (κ1) is 17.6. The molecule has 2 aliphatic rings. The molecule has 0 spiro atoms. The summed E-state index contributed by atoms with van der Waals surface area (Å²) in [6.45, 7) is 3.56. The van der Waals surface area contributed by atoms with Crippen molar-refractivity contribution in [3.8, 4) is 0 Å². The summed E-state index contributed by atoms with van der Waals surface area (Å²) in [7, 11) is 0. The monoisotopic (exact) mass is 385 g/mol. The van der Waals surface area contributed by atoms with Gasteiger partial charge in [-0.2, -0.15) is 5.10 Å². The van der Waals surface area contributed by atoms with Crippen LogP contribution in [0.1, 0.15) is 80.7 Å². The lowest BCUT2D eigenvalue weighted by Gasteiger charge is -2.33. The van der Waals surface area contributed by atoms with Gasteiger partial charge < -0.3 is 9.40 Å². The number of aromatic amines is 1. The molecule has 0 unspecified atom stereocenters. The van der Waals surface area contributed by atoms with Gasteiger partial charge in [0, 0.05) is 11.8 Å². The number of oxazole rings is 1. The average Bonchev–Trinajstić information content (AvgIpc) is 3.21. The van der Waals surface area contributed by atoms with E-state index in [9.17, 15) is 9.18 Å². The Morgan fingerprint density at radius 3 is 2.61 bits per heavy atom. The Morgan fingerprint density at radius 1 is 1.21 bits per heavy atom. The first-order valence-corrected chi connectivity index (χ1v) is 10.00. The second-order valence-corrected chi connectivity index (χ2v) is 8.54. The Hall–Kier alpha value is -2.51. The largest absolute Gasteiger partial charge is 0.448 e. The lowest BCUT2D eigenvalue weighted by atomic mass is 9.73. The minimum Gasteiger partial charge on any atom is -0.448 e. The summed E-state index contributed by atoms with van der Waals surface area (Å²) < 4.78 is 21.6. The zero-order valence-corrected chi connectivity index (χ0v) is 16.1. The Bertz CT molecular complexity index is 1070. The highest BCUT2D eigenvalue weighted by Gasteiger charge is 2.39. The topological polar surface area (TPSA) is 89.6 Å². The van der Waals surface area contributed by atoms with E-state index in [4.69, 9.17) is 9.40 Å². The van der Waals surface area contributed by atoms with Gasteiger partial charge in [-0.1, -0.05) is 0 Å². The molecule has 1 N–H and O–H groups in total. The van der Waals surface area contributed by atoms with E-state index < -0.39 is 5.67 Å². The maximum atomic E-state index is 14.2. The Balaban J connectivity index is 1.49. The van der Waals surface area contributed by atoms with Crippen LogP contribution in [0.3, 0.4) is 0 Å². The van der Waals surface area contributed by atoms with E-state index in [0.717, 1.165) is 18.5 Å². The van der Waals surface area contributed by atoms with Crippen molar-refractivity contribution in [1.82, 2.24) is 24.7 Å². The second-order valence-electron chi connectivity index (χ2n) is 8.54. The van der Waals surface area contributed by atoms with E-state index in [1.54, 1.807) is 19.4 Å².